The van der Waals surface area contributed by atoms with Crippen molar-refractivity contribution in [2.24, 2.45) is 5.41 Å². The van der Waals surface area contributed by atoms with Crippen LogP contribution in [0.15, 0.2) is 18.2 Å². The summed E-state index contributed by atoms with van der Waals surface area (Å²) in [6.07, 6.45) is 4.95. The van der Waals surface area contributed by atoms with E-state index in [1.165, 1.54) is 37.8 Å². The van der Waals surface area contributed by atoms with Gasteiger partial charge in [-0.3, -0.25) is 0 Å². The SMILES string of the molecule is CC1(C)CCCC(NCc2cc(F)ccc2Cl)C1. The van der Waals surface area contributed by atoms with Crippen LogP contribution in [-0.4, -0.2) is 6.04 Å². The maximum atomic E-state index is 13.1. The van der Waals surface area contributed by atoms with Gasteiger partial charge in [-0.2, -0.15) is 0 Å². The number of benzene rings is 1. The Labute approximate surface area is 114 Å². The second-order valence-corrected chi connectivity index (χ2v) is 6.48. The van der Waals surface area contributed by atoms with Gasteiger partial charge in [-0.1, -0.05) is 31.9 Å². The van der Waals surface area contributed by atoms with Crippen molar-refractivity contribution in [1.82, 2.24) is 5.32 Å². The van der Waals surface area contributed by atoms with Gasteiger partial charge in [-0.15, -0.1) is 0 Å². The average Bonchev–Trinajstić information content (AvgIpc) is 2.29. The molecule has 2 rings (SSSR count). The summed E-state index contributed by atoms with van der Waals surface area (Å²) in [4.78, 5) is 0. The van der Waals surface area contributed by atoms with Gasteiger partial charge in [0.05, 0.1) is 0 Å². The van der Waals surface area contributed by atoms with Gasteiger partial charge in [0.15, 0.2) is 0 Å². The number of rotatable bonds is 3. The number of nitrogens with one attached hydrogen (secondary N) is 1. The van der Waals surface area contributed by atoms with Crippen LogP contribution in [0, 0.1) is 11.2 Å². The quantitative estimate of drug-likeness (QED) is 0.850. The largest absolute Gasteiger partial charge is 0.310 e. The van der Waals surface area contributed by atoms with Crippen LogP contribution in [0.1, 0.15) is 45.1 Å². The van der Waals surface area contributed by atoms with E-state index in [0.717, 1.165) is 5.56 Å². The molecule has 1 aliphatic carbocycles. The van der Waals surface area contributed by atoms with Crippen molar-refractivity contribution in [3.63, 3.8) is 0 Å². The molecular formula is C15H21ClFN. The summed E-state index contributed by atoms with van der Waals surface area (Å²) < 4.78 is 13.1. The first-order valence-corrected chi connectivity index (χ1v) is 7.01. The highest BCUT2D eigenvalue weighted by molar-refractivity contribution is 6.31. The summed E-state index contributed by atoms with van der Waals surface area (Å²) in [5.41, 5.74) is 1.27. The molecule has 1 N–H and O–H groups in total. The summed E-state index contributed by atoms with van der Waals surface area (Å²) >= 11 is 6.06. The first-order chi connectivity index (χ1) is 8.46. The lowest BCUT2D eigenvalue weighted by atomic mass is 9.75. The van der Waals surface area contributed by atoms with Crippen LogP contribution in [0.3, 0.4) is 0 Å². The fraction of sp³-hybridized carbons (Fsp3) is 0.600. The Balaban J connectivity index is 1.93. The Morgan fingerprint density at radius 2 is 2.22 bits per heavy atom. The van der Waals surface area contributed by atoms with Crippen LogP contribution in [0.2, 0.25) is 5.02 Å². The Hall–Kier alpha value is -0.600. The summed E-state index contributed by atoms with van der Waals surface area (Å²) in [7, 11) is 0. The third-order valence-corrected chi connectivity index (χ3v) is 4.16. The second kappa shape index (κ2) is 5.58. The predicted molar refractivity (Wildman–Crippen MR) is 74.3 cm³/mol. The van der Waals surface area contributed by atoms with Crippen molar-refractivity contribution in [3.8, 4) is 0 Å². The number of hydrogen-bond donors (Lipinski definition) is 1. The molecule has 1 atom stereocenters. The molecule has 0 aromatic heterocycles. The third-order valence-electron chi connectivity index (χ3n) is 3.79. The van der Waals surface area contributed by atoms with Crippen LogP contribution in [0.4, 0.5) is 4.39 Å². The molecule has 1 saturated carbocycles. The normalized spacial score (nSPS) is 23.0. The van der Waals surface area contributed by atoms with Crippen LogP contribution < -0.4 is 5.32 Å². The smallest absolute Gasteiger partial charge is 0.123 e. The fourth-order valence-electron chi connectivity index (χ4n) is 2.81. The van der Waals surface area contributed by atoms with E-state index in [1.54, 1.807) is 6.07 Å². The van der Waals surface area contributed by atoms with Crippen molar-refractivity contribution in [2.75, 3.05) is 0 Å². The molecule has 0 spiro atoms. The lowest BCUT2D eigenvalue weighted by molar-refractivity contribution is 0.198. The standard InChI is InChI=1S/C15H21ClFN/c1-15(2)7-3-4-13(9-15)18-10-11-8-12(17)5-6-14(11)16/h5-6,8,13,18H,3-4,7,9-10H2,1-2H3. The average molecular weight is 270 g/mol. The topological polar surface area (TPSA) is 12.0 Å². The maximum Gasteiger partial charge on any atom is 0.123 e. The van der Waals surface area contributed by atoms with E-state index < -0.39 is 0 Å². The third kappa shape index (κ3) is 3.69. The van der Waals surface area contributed by atoms with Gasteiger partial charge >= 0.3 is 0 Å². The van der Waals surface area contributed by atoms with Crippen LogP contribution in [0.25, 0.3) is 0 Å². The van der Waals surface area contributed by atoms with Gasteiger partial charge in [0.1, 0.15) is 5.82 Å². The fourth-order valence-corrected chi connectivity index (χ4v) is 2.99. The van der Waals surface area contributed by atoms with Gasteiger partial charge in [0.25, 0.3) is 0 Å². The van der Waals surface area contributed by atoms with E-state index in [0.29, 0.717) is 23.0 Å². The Morgan fingerprint density at radius 1 is 1.44 bits per heavy atom. The Kier molecular flexibility index (Phi) is 4.29. The summed E-state index contributed by atoms with van der Waals surface area (Å²) in [5.74, 6) is -0.222. The van der Waals surface area contributed by atoms with E-state index in [-0.39, 0.29) is 5.82 Å². The molecule has 0 heterocycles. The van der Waals surface area contributed by atoms with Crippen molar-refractivity contribution < 1.29 is 4.39 Å². The van der Waals surface area contributed by atoms with Gasteiger partial charge < -0.3 is 5.32 Å². The highest BCUT2D eigenvalue weighted by Gasteiger charge is 2.27. The molecule has 0 bridgehead atoms. The minimum atomic E-state index is -0.222. The van der Waals surface area contributed by atoms with Gasteiger partial charge in [-0.25, -0.2) is 4.39 Å². The van der Waals surface area contributed by atoms with Crippen molar-refractivity contribution in [2.45, 2.75) is 52.1 Å². The summed E-state index contributed by atoms with van der Waals surface area (Å²) in [5, 5.41) is 4.15. The molecule has 1 aromatic carbocycles. The molecule has 100 valence electrons. The Bertz CT molecular complexity index is 417. The van der Waals surface area contributed by atoms with Gasteiger partial charge in [0.2, 0.25) is 0 Å². The molecular weight excluding hydrogens is 249 g/mol. The first kappa shape index (κ1) is 13.8. The molecule has 18 heavy (non-hydrogen) atoms. The Morgan fingerprint density at radius 3 is 2.94 bits per heavy atom. The molecule has 1 fully saturated rings. The molecule has 1 aromatic rings. The summed E-state index contributed by atoms with van der Waals surface area (Å²) in [6, 6.07) is 5.06. The van der Waals surface area contributed by atoms with Crippen LogP contribution in [0.5, 0.6) is 0 Å². The minimum absolute atomic E-state index is 0.222. The van der Waals surface area contributed by atoms with E-state index in [1.807, 2.05) is 0 Å². The lowest BCUT2D eigenvalue weighted by Gasteiger charge is -2.35. The molecule has 3 heteroatoms. The zero-order chi connectivity index (χ0) is 13.2. The molecule has 0 saturated heterocycles. The number of halogens is 2. The zero-order valence-electron chi connectivity index (χ0n) is 11.1. The van der Waals surface area contributed by atoms with Gasteiger partial charge in [-0.05, 0) is 48.4 Å². The van der Waals surface area contributed by atoms with E-state index in [4.69, 9.17) is 11.6 Å². The summed E-state index contributed by atoms with van der Waals surface area (Å²) in [6.45, 7) is 5.28. The van der Waals surface area contributed by atoms with Crippen molar-refractivity contribution >= 4 is 11.6 Å². The molecule has 1 unspecified atom stereocenters. The molecule has 0 aliphatic heterocycles. The first-order valence-electron chi connectivity index (χ1n) is 6.64. The molecule has 1 aliphatic rings. The van der Waals surface area contributed by atoms with E-state index >= 15 is 0 Å². The van der Waals surface area contributed by atoms with E-state index in [2.05, 4.69) is 19.2 Å². The zero-order valence-corrected chi connectivity index (χ0v) is 11.9. The van der Waals surface area contributed by atoms with Crippen LogP contribution in [-0.2, 0) is 6.54 Å². The molecule has 1 nitrogen and oxygen atoms in total. The van der Waals surface area contributed by atoms with E-state index in [9.17, 15) is 4.39 Å². The van der Waals surface area contributed by atoms with Crippen LogP contribution >= 0.6 is 11.6 Å². The predicted octanol–water partition coefficient (Wildman–Crippen LogP) is 4.54. The second-order valence-electron chi connectivity index (χ2n) is 6.07. The van der Waals surface area contributed by atoms with Crippen molar-refractivity contribution in [1.29, 1.82) is 0 Å². The maximum absolute atomic E-state index is 13.1. The monoisotopic (exact) mass is 269 g/mol. The highest BCUT2D eigenvalue weighted by Crippen LogP contribution is 2.35. The molecule has 0 amide bonds. The number of hydrogen-bond acceptors (Lipinski definition) is 1. The van der Waals surface area contributed by atoms with Gasteiger partial charge in [0, 0.05) is 17.6 Å². The minimum Gasteiger partial charge on any atom is -0.310 e. The lowest BCUT2D eigenvalue weighted by Crippen LogP contribution is -2.36. The van der Waals surface area contributed by atoms with Crippen molar-refractivity contribution in [3.05, 3.63) is 34.6 Å². The highest BCUT2D eigenvalue weighted by atomic mass is 35.5. The molecule has 0 radical (unpaired) electrons.